The molecule has 0 amide bonds. The van der Waals surface area contributed by atoms with Crippen molar-refractivity contribution in [1.29, 1.82) is 5.26 Å². The largest absolute Gasteiger partial charge is 0.495 e. The predicted octanol–water partition coefficient (Wildman–Crippen LogP) is 3.01. The maximum absolute atomic E-state index is 12.8. The van der Waals surface area contributed by atoms with Gasteiger partial charge in [-0.25, -0.2) is 0 Å². The number of nitriles is 1. The second kappa shape index (κ2) is 5.27. The van der Waals surface area contributed by atoms with Crippen LogP contribution < -0.4 is 4.74 Å². The summed E-state index contributed by atoms with van der Waals surface area (Å²) >= 11 is 5.27. The molecule has 0 bridgehead atoms. The van der Waals surface area contributed by atoms with E-state index in [1.807, 2.05) is 0 Å². The minimum absolute atomic E-state index is 0.0982. The Labute approximate surface area is 106 Å². The van der Waals surface area contributed by atoms with Crippen LogP contribution in [0.3, 0.4) is 0 Å². The van der Waals surface area contributed by atoms with Gasteiger partial charge in [-0.1, -0.05) is 0 Å². The monoisotopic (exact) mass is 277 g/mol. The molecule has 0 atom stereocenters. The van der Waals surface area contributed by atoms with Gasteiger partial charge in [0.1, 0.15) is 17.4 Å². The summed E-state index contributed by atoms with van der Waals surface area (Å²) in [5.41, 5.74) is -2.40. The van der Waals surface area contributed by atoms with E-state index in [0.29, 0.717) is 6.07 Å². The summed E-state index contributed by atoms with van der Waals surface area (Å²) in [6, 6.07) is 3.22. The van der Waals surface area contributed by atoms with Gasteiger partial charge in [0, 0.05) is 0 Å². The van der Waals surface area contributed by atoms with Gasteiger partial charge < -0.3 is 4.74 Å². The van der Waals surface area contributed by atoms with Crippen LogP contribution in [0.1, 0.15) is 21.5 Å². The summed E-state index contributed by atoms with van der Waals surface area (Å²) in [5.74, 6) is -1.72. The molecule has 0 aromatic heterocycles. The van der Waals surface area contributed by atoms with E-state index in [4.69, 9.17) is 21.6 Å². The number of Topliss-reactive ketones (excluding diaryl/α,β-unsaturated/α-hetero) is 1. The molecule has 0 aliphatic rings. The van der Waals surface area contributed by atoms with Crippen molar-refractivity contribution in [2.75, 3.05) is 13.0 Å². The number of methoxy groups -OCH3 is 1. The van der Waals surface area contributed by atoms with Gasteiger partial charge in [-0.05, 0) is 12.1 Å². The van der Waals surface area contributed by atoms with E-state index < -0.39 is 34.5 Å². The van der Waals surface area contributed by atoms with Crippen LogP contribution in [-0.2, 0) is 6.18 Å². The highest BCUT2D eigenvalue weighted by atomic mass is 35.5. The quantitative estimate of drug-likeness (QED) is 0.630. The number of alkyl halides is 4. The third-order valence-electron chi connectivity index (χ3n) is 2.20. The van der Waals surface area contributed by atoms with Crippen molar-refractivity contribution in [3.8, 4) is 11.8 Å². The van der Waals surface area contributed by atoms with Gasteiger partial charge >= 0.3 is 6.18 Å². The first kappa shape index (κ1) is 14.3. The number of ketones is 1. The first-order valence-electron chi connectivity index (χ1n) is 4.64. The fourth-order valence-corrected chi connectivity index (χ4v) is 1.59. The highest BCUT2D eigenvalue weighted by Gasteiger charge is 2.37. The Morgan fingerprint density at radius 3 is 2.50 bits per heavy atom. The first-order valence-corrected chi connectivity index (χ1v) is 5.17. The number of ether oxygens (including phenoxy) is 1. The summed E-state index contributed by atoms with van der Waals surface area (Å²) in [6.07, 6.45) is -4.74. The molecule has 0 aliphatic heterocycles. The summed E-state index contributed by atoms with van der Waals surface area (Å²) in [5, 5.41) is 8.87. The standard InChI is InChI=1S/C11H7ClF3NO2/c1-18-9-3-2-7(11(13,14)15)10(6(9)5-16)8(17)4-12/h2-3H,4H2,1H3. The van der Waals surface area contributed by atoms with Crippen molar-refractivity contribution < 1.29 is 22.7 Å². The molecule has 0 radical (unpaired) electrons. The van der Waals surface area contributed by atoms with Crippen LogP contribution in [0.2, 0.25) is 0 Å². The third kappa shape index (κ3) is 2.57. The molecule has 0 N–H and O–H groups in total. The molecule has 0 heterocycles. The molecule has 1 rings (SSSR count). The molecule has 0 fully saturated rings. The van der Waals surface area contributed by atoms with Crippen LogP contribution >= 0.6 is 11.6 Å². The van der Waals surface area contributed by atoms with E-state index >= 15 is 0 Å². The van der Waals surface area contributed by atoms with Gasteiger partial charge in [-0.2, -0.15) is 18.4 Å². The molecule has 18 heavy (non-hydrogen) atoms. The van der Waals surface area contributed by atoms with E-state index in [1.54, 1.807) is 0 Å². The summed E-state index contributed by atoms with van der Waals surface area (Å²) in [6.45, 7) is 0. The maximum Gasteiger partial charge on any atom is 0.417 e. The third-order valence-corrected chi connectivity index (χ3v) is 2.45. The van der Waals surface area contributed by atoms with Crippen molar-refractivity contribution in [2.24, 2.45) is 0 Å². The predicted molar refractivity (Wildman–Crippen MR) is 57.8 cm³/mol. The number of rotatable bonds is 3. The van der Waals surface area contributed by atoms with Crippen LogP contribution in [-0.4, -0.2) is 18.8 Å². The molecule has 0 saturated heterocycles. The number of carbonyl (C=O) groups is 1. The second-order valence-corrected chi connectivity index (χ2v) is 3.50. The van der Waals surface area contributed by atoms with Crippen molar-refractivity contribution in [1.82, 2.24) is 0 Å². The summed E-state index contributed by atoms with van der Waals surface area (Å²) < 4.78 is 43.0. The molecule has 1 aromatic carbocycles. The van der Waals surface area contributed by atoms with Gasteiger partial charge in [0.15, 0.2) is 5.78 Å². The molecule has 0 saturated carbocycles. The smallest absolute Gasteiger partial charge is 0.417 e. The second-order valence-electron chi connectivity index (χ2n) is 3.23. The molecule has 3 nitrogen and oxygen atoms in total. The molecule has 0 unspecified atom stereocenters. The number of hydrogen-bond donors (Lipinski definition) is 0. The van der Waals surface area contributed by atoms with Crippen LogP contribution in [0.4, 0.5) is 13.2 Å². The van der Waals surface area contributed by atoms with Crippen molar-refractivity contribution in [3.05, 3.63) is 28.8 Å². The number of carbonyl (C=O) groups excluding carboxylic acids is 1. The lowest BCUT2D eigenvalue weighted by molar-refractivity contribution is -0.137. The fourth-order valence-electron chi connectivity index (χ4n) is 1.46. The molecule has 7 heteroatoms. The lowest BCUT2D eigenvalue weighted by Gasteiger charge is -2.14. The van der Waals surface area contributed by atoms with Crippen molar-refractivity contribution in [2.45, 2.75) is 6.18 Å². The van der Waals surface area contributed by atoms with Crippen LogP contribution in [0.25, 0.3) is 0 Å². The lowest BCUT2D eigenvalue weighted by atomic mass is 9.97. The van der Waals surface area contributed by atoms with E-state index in [9.17, 15) is 18.0 Å². The molecule has 0 spiro atoms. The first-order chi connectivity index (χ1) is 8.36. The molecule has 96 valence electrons. The van der Waals surface area contributed by atoms with E-state index in [2.05, 4.69) is 0 Å². The van der Waals surface area contributed by atoms with E-state index in [1.165, 1.54) is 13.2 Å². The van der Waals surface area contributed by atoms with Crippen LogP contribution in [0, 0.1) is 11.3 Å². The minimum atomic E-state index is -4.74. The van der Waals surface area contributed by atoms with Gasteiger partial charge in [0.25, 0.3) is 0 Å². The van der Waals surface area contributed by atoms with Gasteiger partial charge in [0.05, 0.1) is 24.1 Å². The van der Waals surface area contributed by atoms with Crippen LogP contribution in [0.5, 0.6) is 5.75 Å². The van der Waals surface area contributed by atoms with Gasteiger partial charge in [-0.3, -0.25) is 4.79 Å². The molecular formula is C11H7ClF3NO2. The van der Waals surface area contributed by atoms with Crippen molar-refractivity contribution >= 4 is 17.4 Å². The normalized spacial score (nSPS) is 10.9. The number of benzene rings is 1. The molecular weight excluding hydrogens is 271 g/mol. The minimum Gasteiger partial charge on any atom is -0.495 e. The number of hydrogen-bond acceptors (Lipinski definition) is 3. The lowest BCUT2D eigenvalue weighted by Crippen LogP contribution is -2.16. The number of halogens is 4. The SMILES string of the molecule is COc1ccc(C(F)(F)F)c(C(=O)CCl)c1C#N. The Hall–Kier alpha value is -1.74. The Kier molecular flexibility index (Phi) is 4.19. The van der Waals surface area contributed by atoms with Crippen LogP contribution in [0.15, 0.2) is 12.1 Å². The Morgan fingerprint density at radius 2 is 2.11 bits per heavy atom. The molecule has 1 aromatic rings. The number of nitrogens with zero attached hydrogens (tertiary/aromatic N) is 1. The summed E-state index contributed by atoms with van der Waals surface area (Å²) in [7, 11) is 1.19. The Bertz CT molecular complexity index is 520. The zero-order chi connectivity index (χ0) is 13.9. The topological polar surface area (TPSA) is 50.1 Å². The summed E-state index contributed by atoms with van der Waals surface area (Å²) in [4.78, 5) is 11.5. The maximum atomic E-state index is 12.8. The molecule has 0 aliphatic carbocycles. The van der Waals surface area contributed by atoms with E-state index in [-0.39, 0.29) is 5.75 Å². The Morgan fingerprint density at radius 1 is 1.50 bits per heavy atom. The zero-order valence-electron chi connectivity index (χ0n) is 9.14. The highest BCUT2D eigenvalue weighted by molar-refractivity contribution is 6.31. The van der Waals surface area contributed by atoms with E-state index in [0.717, 1.165) is 6.07 Å². The average Bonchev–Trinajstić information content (AvgIpc) is 2.34. The zero-order valence-corrected chi connectivity index (χ0v) is 9.89. The Balaban J connectivity index is 3.67. The average molecular weight is 278 g/mol. The van der Waals surface area contributed by atoms with Crippen molar-refractivity contribution in [3.63, 3.8) is 0 Å². The van der Waals surface area contributed by atoms with Gasteiger partial charge in [0.2, 0.25) is 0 Å². The fraction of sp³-hybridized carbons (Fsp3) is 0.273. The highest BCUT2D eigenvalue weighted by Crippen LogP contribution is 2.36. The van der Waals surface area contributed by atoms with Gasteiger partial charge in [-0.15, -0.1) is 11.6 Å².